The van der Waals surface area contributed by atoms with Crippen molar-refractivity contribution in [2.75, 3.05) is 0 Å². The van der Waals surface area contributed by atoms with Crippen molar-refractivity contribution in [2.24, 2.45) is 0 Å². The standard InChI is InChI=1S/C5H7N3O2S/c9-4(10)1-2-8-5(11)6-3-7-8/h3H,1-2H2,(H,9,10)(H,6,7,11). The maximum atomic E-state index is 10.1. The Bertz CT molecular complexity index is 303. The van der Waals surface area contributed by atoms with Crippen LogP contribution >= 0.6 is 12.2 Å². The second-order valence-electron chi connectivity index (χ2n) is 1.97. The average molecular weight is 173 g/mol. The summed E-state index contributed by atoms with van der Waals surface area (Å²) in [7, 11) is 0. The average Bonchev–Trinajstić information content (AvgIpc) is 2.31. The molecule has 0 saturated heterocycles. The van der Waals surface area contributed by atoms with E-state index in [1.807, 2.05) is 0 Å². The number of carbonyl (C=O) groups is 1. The van der Waals surface area contributed by atoms with Crippen LogP contribution in [0.15, 0.2) is 6.33 Å². The Morgan fingerprint density at radius 2 is 2.64 bits per heavy atom. The molecule has 2 N–H and O–H groups in total. The summed E-state index contributed by atoms with van der Waals surface area (Å²) in [5.74, 6) is -0.846. The summed E-state index contributed by atoms with van der Waals surface area (Å²) < 4.78 is 1.88. The van der Waals surface area contributed by atoms with Crippen molar-refractivity contribution in [3.05, 3.63) is 11.1 Å². The van der Waals surface area contributed by atoms with Gasteiger partial charge in [-0.15, -0.1) is 0 Å². The molecule has 0 aliphatic heterocycles. The minimum Gasteiger partial charge on any atom is -0.481 e. The van der Waals surface area contributed by atoms with Gasteiger partial charge in [-0.25, -0.2) is 4.98 Å². The van der Waals surface area contributed by atoms with Gasteiger partial charge in [0.1, 0.15) is 6.33 Å². The van der Waals surface area contributed by atoms with Crippen LogP contribution in [0, 0.1) is 4.77 Å². The lowest BCUT2D eigenvalue weighted by Crippen LogP contribution is -2.05. The molecule has 0 amide bonds. The molecule has 0 unspecified atom stereocenters. The summed E-state index contributed by atoms with van der Waals surface area (Å²) in [5.41, 5.74) is 0. The van der Waals surface area contributed by atoms with E-state index in [0.717, 1.165) is 0 Å². The van der Waals surface area contributed by atoms with Crippen LogP contribution in [0.2, 0.25) is 0 Å². The first kappa shape index (κ1) is 7.93. The Balaban J connectivity index is 2.58. The van der Waals surface area contributed by atoms with Crippen LogP contribution in [0.5, 0.6) is 0 Å². The largest absolute Gasteiger partial charge is 0.481 e. The summed E-state index contributed by atoms with van der Waals surface area (Å²) in [6, 6.07) is 0. The summed E-state index contributed by atoms with van der Waals surface area (Å²) >= 11 is 4.77. The van der Waals surface area contributed by atoms with Crippen molar-refractivity contribution >= 4 is 18.2 Å². The zero-order valence-electron chi connectivity index (χ0n) is 5.65. The predicted molar refractivity (Wildman–Crippen MR) is 39.7 cm³/mol. The third-order valence-corrected chi connectivity index (χ3v) is 1.49. The minimum atomic E-state index is -0.846. The molecular weight excluding hydrogens is 166 g/mol. The molecule has 6 heteroatoms. The monoisotopic (exact) mass is 173 g/mol. The molecule has 0 bridgehead atoms. The number of carboxylic acid groups (broad SMARTS) is 1. The highest BCUT2D eigenvalue weighted by atomic mass is 32.1. The summed E-state index contributed by atoms with van der Waals surface area (Å²) in [4.78, 5) is 13.8. The lowest BCUT2D eigenvalue weighted by Gasteiger charge is -1.96. The van der Waals surface area contributed by atoms with Gasteiger partial charge in [0.05, 0.1) is 13.0 Å². The van der Waals surface area contributed by atoms with Crippen molar-refractivity contribution < 1.29 is 9.90 Å². The minimum absolute atomic E-state index is 0.0521. The number of aryl methyl sites for hydroxylation is 1. The molecule has 5 nitrogen and oxygen atoms in total. The van der Waals surface area contributed by atoms with E-state index < -0.39 is 5.97 Å². The van der Waals surface area contributed by atoms with Crippen molar-refractivity contribution in [3.8, 4) is 0 Å². The molecule has 0 fully saturated rings. The van der Waals surface area contributed by atoms with Gasteiger partial charge in [0.25, 0.3) is 0 Å². The molecule has 0 atom stereocenters. The molecule has 0 aliphatic carbocycles. The summed E-state index contributed by atoms with van der Waals surface area (Å²) in [6.07, 6.45) is 1.49. The number of aliphatic carboxylic acids is 1. The molecule has 1 aromatic rings. The van der Waals surface area contributed by atoms with Crippen LogP contribution in [0.3, 0.4) is 0 Å². The first-order valence-electron chi connectivity index (χ1n) is 3.02. The number of nitrogens with zero attached hydrogens (tertiary/aromatic N) is 2. The Hall–Kier alpha value is -1.17. The van der Waals surface area contributed by atoms with Gasteiger partial charge in [-0.3, -0.25) is 14.6 Å². The van der Waals surface area contributed by atoms with Crippen LogP contribution < -0.4 is 0 Å². The predicted octanol–water partition coefficient (Wildman–Crippen LogP) is 0.415. The highest BCUT2D eigenvalue weighted by Crippen LogP contribution is 1.89. The Morgan fingerprint density at radius 1 is 1.91 bits per heavy atom. The maximum absolute atomic E-state index is 10.1. The highest BCUT2D eigenvalue weighted by molar-refractivity contribution is 7.71. The molecule has 0 spiro atoms. The van der Waals surface area contributed by atoms with Gasteiger partial charge in [0.2, 0.25) is 4.77 Å². The summed E-state index contributed by atoms with van der Waals surface area (Å²) in [6.45, 7) is 0.341. The van der Waals surface area contributed by atoms with Crippen molar-refractivity contribution in [1.29, 1.82) is 0 Å². The zero-order valence-corrected chi connectivity index (χ0v) is 6.47. The number of hydrogen-bond acceptors (Lipinski definition) is 3. The smallest absolute Gasteiger partial charge is 0.305 e. The Labute approximate surface area is 67.7 Å². The second kappa shape index (κ2) is 3.29. The first-order chi connectivity index (χ1) is 5.20. The van der Waals surface area contributed by atoms with E-state index in [1.165, 1.54) is 11.0 Å². The number of H-pyrrole nitrogens is 1. The van der Waals surface area contributed by atoms with E-state index >= 15 is 0 Å². The molecule has 60 valence electrons. The van der Waals surface area contributed by atoms with Gasteiger partial charge < -0.3 is 5.11 Å². The molecule has 0 aromatic carbocycles. The lowest BCUT2D eigenvalue weighted by atomic mass is 10.4. The van der Waals surface area contributed by atoms with Crippen LogP contribution in [0.25, 0.3) is 0 Å². The molecule has 1 rings (SSSR count). The fraction of sp³-hybridized carbons (Fsp3) is 0.400. The summed E-state index contributed by atoms with van der Waals surface area (Å²) in [5, 5.41) is 11.0. The van der Waals surface area contributed by atoms with Crippen LogP contribution in [-0.4, -0.2) is 25.8 Å². The molecule has 0 radical (unpaired) electrons. The quantitative estimate of drug-likeness (QED) is 0.650. The van der Waals surface area contributed by atoms with Crippen LogP contribution in [-0.2, 0) is 11.3 Å². The number of carboxylic acids is 1. The van der Waals surface area contributed by atoms with Gasteiger partial charge >= 0.3 is 5.97 Å². The molecule has 11 heavy (non-hydrogen) atoms. The number of aromatic amines is 1. The molecule has 1 aromatic heterocycles. The van der Waals surface area contributed by atoms with E-state index in [9.17, 15) is 4.79 Å². The fourth-order valence-electron chi connectivity index (χ4n) is 0.646. The lowest BCUT2D eigenvalue weighted by molar-refractivity contribution is -0.137. The van der Waals surface area contributed by atoms with E-state index in [4.69, 9.17) is 17.3 Å². The normalized spacial score (nSPS) is 9.82. The second-order valence-corrected chi connectivity index (χ2v) is 2.33. The third-order valence-electron chi connectivity index (χ3n) is 1.17. The van der Waals surface area contributed by atoms with Gasteiger partial charge in [-0.05, 0) is 12.2 Å². The Morgan fingerprint density at radius 3 is 3.09 bits per heavy atom. The van der Waals surface area contributed by atoms with Gasteiger partial charge in [-0.2, -0.15) is 0 Å². The molecular formula is C5H7N3O2S. The number of hydrogen-bond donors (Lipinski definition) is 2. The highest BCUT2D eigenvalue weighted by Gasteiger charge is 1.98. The van der Waals surface area contributed by atoms with Gasteiger partial charge in [0, 0.05) is 0 Å². The zero-order chi connectivity index (χ0) is 8.27. The van der Waals surface area contributed by atoms with Crippen LogP contribution in [0.1, 0.15) is 6.42 Å². The van der Waals surface area contributed by atoms with Gasteiger partial charge in [0.15, 0.2) is 0 Å². The first-order valence-corrected chi connectivity index (χ1v) is 3.43. The SMILES string of the molecule is O=C(O)CCn1[nH]cnc1=S. The van der Waals surface area contributed by atoms with E-state index in [1.54, 1.807) is 0 Å². The molecule has 0 aliphatic rings. The molecule has 1 heterocycles. The van der Waals surface area contributed by atoms with Crippen molar-refractivity contribution in [2.45, 2.75) is 13.0 Å². The number of rotatable bonds is 3. The van der Waals surface area contributed by atoms with Crippen LogP contribution in [0.4, 0.5) is 0 Å². The molecule has 0 saturated carbocycles. The fourth-order valence-corrected chi connectivity index (χ4v) is 0.843. The van der Waals surface area contributed by atoms with Crippen molar-refractivity contribution in [3.63, 3.8) is 0 Å². The number of aromatic nitrogens is 3. The van der Waals surface area contributed by atoms with Gasteiger partial charge in [-0.1, -0.05) is 0 Å². The Kier molecular flexibility index (Phi) is 2.37. The van der Waals surface area contributed by atoms with Crippen molar-refractivity contribution in [1.82, 2.24) is 14.8 Å². The van der Waals surface area contributed by atoms with E-state index in [-0.39, 0.29) is 6.42 Å². The van der Waals surface area contributed by atoms with E-state index in [2.05, 4.69) is 10.1 Å². The topological polar surface area (TPSA) is 70.9 Å². The van der Waals surface area contributed by atoms with E-state index in [0.29, 0.717) is 11.3 Å². The number of nitrogens with one attached hydrogen (secondary N) is 1. The third kappa shape index (κ3) is 2.15. The maximum Gasteiger partial charge on any atom is 0.305 e.